The summed E-state index contributed by atoms with van der Waals surface area (Å²) in [6.07, 6.45) is -0.651. The van der Waals surface area contributed by atoms with E-state index in [0.717, 1.165) is 11.1 Å². The number of carbonyl (C=O) groups is 1. The van der Waals surface area contributed by atoms with Gasteiger partial charge in [-0.1, -0.05) is 24.3 Å². The van der Waals surface area contributed by atoms with Crippen molar-refractivity contribution in [2.45, 2.75) is 26.2 Å². The van der Waals surface area contributed by atoms with Gasteiger partial charge in [-0.05, 0) is 42.3 Å². The molecule has 1 atom stereocenters. The maximum Gasteiger partial charge on any atom is 0.261 e. The molecule has 23 heavy (non-hydrogen) atoms. The van der Waals surface area contributed by atoms with Crippen molar-refractivity contribution in [3.05, 3.63) is 65.2 Å². The SMILES string of the molecule is CC(Oc1cccc(CO)c1)C(=O)NCc1ccc(C#N)cc1. The molecule has 0 aliphatic heterocycles. The summed E-state index contributed by atoms with van der Waals surface area (Å²) in [5.74, 6) is 0.307. The highest BCUT2D eigenvalue weighted by atomic mass is 16.5. The summed E-state index contributed by atoms with van der Waals surface area (Å²) >= 11 is 0. The van der Waals surface area contributed by atoms with Crippen molar-refractivity contribution in [1.29, 1.82) is 5.26 Å². The Balaban J connectivity index is 1.87. The molecule has 0 spiro atoms. The van der Waals surface area contributed by atoms with E-state index >= 15 is 0 Å². The van der Waals surface area contributed by atoms with Crippen LogP contribution in [-0.4, -0.2) is 17.1 Å². The average molecular weight is 310 g/mol. The minimum absolute atomic E-state index is 0.0729. The Labute approximate surface area is 135 Å². The van der Waals surface area contributed by atoms with Crippen LogP contribution in [0.3, 0.4) is 0 Å². The number of carbonyl (C=O) groups excluding carboxylic acids is 1. The molecule has 0 aliphatic carbocycles. The fourth-order valence-electron chi connectivity index (χ4n) is 2.00. The number of rotatable bonds is 6. The fraction of sp³-hybridized carbons (Fsp3) is 0.222. The maximum absolute atomic E-state index is 12.1. The van der Waals surface area contributed by atoms with Crippen LogP contribution in [0.25, 0.3) is 0 Å². The zero-order chi connectivity index (χ0) is 16.7. The van der Waals surface area contributed by atoms with E-state index < -0.39 is 6.10 Å². The van der Waals surface area contributed by atoms with Crippen molar-refractivity contribution < 1.29 is 14.6 Å². The lowest BCUT2D eigenvalue weighted by atomic mass is 10.1. The first kappa shape index (κ1) is 16.5. The number of nitriles is 1. The van der Waals surface area contributed by atoms with Crippen LogP contribution >= 0.6 is 0 Å². The predicted molar refractivity (Wildman–Crippen MR) is 85.5 cm³/mol. The number of amides is 1. The van der Waals surface area contributed by atoms with Crippen LogP contribution in [0.15, 0.2) is 48.5 Å². The predicted octanol–water partition coefficient (Wildman–Crippen LogP) is 2.13. The highest BCUT2D eigenvalue weighted by Gasteiger charge is 2.14. The first-order valence-electron chi connectivity index (χ1n) is 7.25. The Morgan fingerprint density at radius 1 is 1.26 bits per heavy atom. The largest absolute Gasteiger partial charge is 0.481 e. The highest BCUT2D eigenvalue weighted by Crippen LogP contribution is 2.15. The molecular weight excluding hydrogens is 292 g/mol. The van der Waals surface area contributed by atoms with Crippen LogP contribution in [0.5, 0.6) is 5.75 Å². The average Bonchev–Trinajstić information content (AvgIpc) is 2.60. The summed E-state index contributed by atoms with van der Waals surface area (Å²) in [5.41, 5.74) is 2.22. The molecule has 5 nitrogen and oxygen atoms in total. The van der Waals surface area contributed by atoms with Crippen LogP contribution in [0.2, 0.25) is 0 Å². The van der Waals surface area contributed by atoms with Crippen LogP contribution in [0.1, 0.15) is 23.6 Å². The number of aliphatic hydroxyl groups is 1. The van der Waals surface area contributed by atoms with Gasteiger partial charge in [0, 0.05) is 6.54 Å². The molecule has 1 unspecified atom stereocenters. The number of nitrogens with zero attached hydrogens (tertiary/aromatic N) is 1. The van der Waals surface area contributed by atoms with Gasteiger partial charge in [-0.15, -0.1) is 0 Å². The van der Waals surface area contributed by atoms with E-state index in [2.05, 4.69) is 5.32 Å². The van der Waals surface area contributed by atoms with Crippen molar-refractivity contribution in [3.63, 3.8) is 0 Å². The Morgan fingerprint density at radius 3 is 2.65 bits per heavy atom. The Kier molecular flexibility index (Phi) is 5.73. The zero-order valence-corrected chi connectivity index (χ0v) is 12.8. The van der Waals surface area contributed by atoms with E-state index in [1.165, 1.54) is 0 Å². The molecule has 1 amide bonds. The molecular formula is C18H18N2O3. The molecule has 5 heteroatoms. The summed E-state index contributed by atoms with van der Waals surface area (Å²) in [5, 5.41) is 20.6. The second-order valence-electron chi connectivity index (χ2n) is 5.09. The van der Waals surface area contributed by atoms with E-state index in [0.29, 0.717) is 17.9 Å². The van der Waals surface area contributed by atoms with Gasteiger partial charge in [0.1, 0.15) is 5.75 Å². The second-order valence-corrected chi connectivity index (χ2v) is 5.09. The van der Waals surface area contributed by atoms with Crippen LogP contribution in [-0.2, 0) is 17.9 Å². The van der Waals surface area contributed by atoms with Crippen LogP contribution < -0.4 is 10.1 Å². The summed E-state index contributed by atoms with van der Waals surface area (Å²) in [4.78, 5) is 12.1. The van der Waals surface area contributed by atoms with Gasteiger partial charge in [-0.25, -0.2) is 0 Å². The van der Waals surface area contributed by atoms with E-state index in [-0.39, 0.29) is 12.5 Å². The summed E-state index contributed by atoms with van der Waals surface area (Å²) in [7, 11) is 0. The van der Waals surface area contributed by atoms with E-state index in [9.17, 15) is 4.79 Å². The normalized spacial score (nSPS) is 11.3. The molecule has 2 aromatic carbocycles. The Morgan fingerprint density at radius 2 is 2.00 bits per heavy atom. The zero-order valence-electron chi connectivity index (χ0n) is 12.8. The standard InChI is InChI=1S/C18H18N2O3/c1-13(23-17-4-2-3-16(9-17)12-21)18(22)20-11-15-7-5-14(10-19)6-8-15/h2-9,13,21H,11-12H2,1H3,(H,20,22). The van der Waals surface area contributed by atoms with Crippen molar-refractivity contribution in [2.75, 3.05) is 0 Å². The molecule has 0 saturated heterocycles. The molecule has 2 aromatic rings. The second kappa shape index (κ2) is 7.97. The third-order valence-corrected chi connectivity index (χ3v) is 3.31. The summed E-state index contributed by atoms with van der Waals surface area (Å²) < 4.78 is 5.58. The quantitative estimate of drug-likeness (QED) is 0.856. The van der Waals surface area contributed by atoms with Gasteiger partial charge in [0.05, 0.1) is 18.2 Å². The molecule has 0 fully saturated rings. The number of hydrogen-bond donors (Lipinski definition) is 2. The molecule has 2 N–H and O–H groups in total. The minimum atomic E-state index is -0.651. The minimum Gasteiger partial charge on any atom is -0.481 e. The fourth-order valence-corrected chi connectivity index (χ4v) is 2.00. The van der Waals surface area contributed by atoms with Crippen molar-refractivity contribution >= 4 is 5.91 Å². The molecule has 0 aromatic heterocycles. The van der Waals surface area contributed by atoms with E-state index in [1.54, 1.807) is 55.5 Å². The number of aliphatic hydroxyl groups excluding tert-OH is 1. The summed E-state index contributed by atoms with van der Waals surface area (Å²) in [6.45, 7) is 1.96. The van der Waals surface area contributed by atoms with Gasteiger partial charge in [0.15, 0.2) is 6.10 Å². The molecule has 2 rings (SSSR count). The molecule has 0 radical (unpaired) electrons. The van der Waals surface area contributed by atoms with Crippen LogP contribution in [0, 0.1) is 11.3 Å². The van der Waals surface area contributed by atoms with Gasteiger partial charge in [0.2, 0.25) is 0 Å². The van der Waals surface area contributed by atoms with Gasteiger partial charge in [-0.2, -0.15) is 5.26 Å². The molecule has 0 aliphatic rings. The first-order chi connectivity index (χ1) is 11.1. The number of hydrogen-bond acceptors (Lipinski definition) is 4. The lowest BCUT2D eigenvalue weighted by Crippen LogP contribution is -2.35. The molecule has 0 bridgehead atoms. The monoisotopic (exact) mass is 310 g/mol. The Hall–Kier alpha value is -2.84. The number of ether oxygens (including phenoxy) is 1. The number of benzene rings is 2. The van der Waals surface area contributed by atoms with Crippen LogP contribution in [0.4, 0.5) is 0 Å². The van der Waals surface area contributed by atoms with Gasteiger partial charge >= 0.3 is 0 Å². The van der Waals surface area contributed by atoms with E-state index in [4.69, 9.17) is 15.1 Å². The van der Waals surface area contributed by atoms with E-state index in [1.807, 2.05) is 6.07 Å². The lowest BCUT2D eigenvalue weighted by molar-refractivity contribution is -0.127. The molecule has 118 valence electrons. The lowest BCUT2D eigenvalue weighted by Gasteiger charge is -2.15. The highest BCUT2D eigenvalue weighted by molar-refractivity contribution is 5.80. The third-order valence-electron chi connectivity index (χ3n) is 3.31. The third kappa shape index (κ3) is 4.83. The number of nitrogens with one attached hydrogen (secondary N) is 1. The Bertz CT molecular complexity index is 705. The van der Waals surface area contributed by atoms with Gasteiger partial charge < -0.3 is 15.2 Å². The van der Waals surface area contributed by atoms with Gasteiger partial charge in [0.25, 0.3) is 5.91 Å². The van der Waals surface area contributed by atoms with Crippen molar-refractivity contribution in [2.24, 2.45) is 0 Å². The topological polar surface area (TPSA) is 82.3 Å². The van der Waals surface area contributed by atoms with Gasteiger partial charge in [-0.3, -0.25) is 4.79 Å². The molecule has 0 saturated carbocycles. The van der Waals surface area contributed by atoms with Crippen molar-refractivity contribution in [1.82, 2.24) is 5.32 Å². The molecule has 0 heterocycles. The maximum atomic E-state index is 12.1. The smallest absolute Gasteiger partial charge is 0.261 e. The van der Waals surface area contributed by atoms with Crippen molar-refractivity contribution in [3.8, 4) is 11.8 Å². The summed E-state index contributed by atoms with van der Waals surface area (Å²) in [6, 6.07) is 16.1. The first-order valence-corrected chi connectivity index (χ1v) is 7.25.